The molecule has 0 atom stereocenters. The van der Waals surface area contributed by atoms with Gasteiger partial charge in [0.1, 0.15) is 5.75 Å². The number of ether oxygens (including phenoxy) is 1. The van der Waals surface area contributed by atoms with Crippen LogP contribution in [0.15, 0.2) is 30.3 Å². The van der Waals surface area contributed by atoms with Crippen LogP contribution in [0.1, 0.15) is 17.3 Å². The minimum absolute atomic E-state index is 0.475. The minimum atomic E-state index is 0.475. The van der Waals surface area contributed by atoms with Crippen molar-refractivity contribution in [3.63, 3.8) is 0 Å². The molecule has 3 heteroatoms. The van der Waals surface area contributed by atoms with Crippen LogP contribution in [0.2, 0.25) is 5.02 Å². The molecule has 0 spiro atoms. The van der Waals surface area contributed by atoms with Crippen molar-refractivity contribution in [3.05, 3.63) is 40.9 Å². The molecule has 2 aromatic rings. The molecule has 0 bridgehead atoms. The van der Waals surface area contributed by atoms with Gasteiger partial charge in [-0.15, -0.1) is 0 Å². The van der Waals surface area contributed by atoms with E-state index in [9.17, 15) is 4.79 Å². The van der Waals surface area contributed by atoms with Gasteiger partial charge >= 0.3 is 0 Å². The first kappa shape index (κ1) is 11.0. The number of benzene rings is 2. The normalized spacial score (nSPS) is 10.4. The van der Waals surface area contributed by atoms with E-state index < -0.39 is 0 Å². The molecule has 0 aromatic heterocycles. The highest BCUT2D eigenvalue weighted by atomic mass is 35.5. The Bertz CT molecular complexity index is 535. The van der Waals surface area contributed by atoms with E-state index in [2.05, 4.69) is 0 Å². The lowest BCUT2D eigenvalue weighted by molar-refractivity contribution is 0.112. The summed E-state index contributed by atoms with van der Waals surface area (Å²) < 4.78 is 5.50. The zero-order valence-corrected chi connectivity index (χ0v) is 9.62. The van der Waals surface area contributed by atoms with Gasteiger partial charge < -0.3 is 4.74 Å². The van der Waals surface area contributed by atoms with Gasteiger partial charge in [-0.05, 0) is 18.4 Å². The summed E-state index contributed by atoms with van der Waals surface area (Å²) in [6.07, 6.45) is 0.809. The van der Waals surface area contributed by atoms with E-state index in [0.29, 0.717) is 22.9 Å². The lowest BCUT2D eigenvalue weighted by atomic mass is 10.0. The van der Waals surface area contributed by atoms with Crippen molar-refractivity contribution >= 4 is 28.7 Å². The Labute approximate surface area is 98.8 Å². The molecular weight excluding hydrogens is 224 g/mol. The van der Waals surface area contributed by atoms with Crippen LogP contribution in [0.25, 0.3) is 10.8 Å². The van der Waals surface area contributed by atoms with E-state index in [1.807, 2.05) is 31.2 Å². The van der Waals surface area contributed by atoms with Crippen LogP contribution in [0.5, 0.6) is 5.75 Å². The monoisotopic (exact) mass is 234 g/mol. The molecule has 0 unspecified atom stereocenters. The molecule has 0 aliphatic carbocycles. The summed E-state index contributed by atoms with van der Waals surface area (Å²) in [4.78, 5) is 10.9. The van der Waals surface area contributed by atoms with Crippen LogP contribution in [0.3, 0.4) is 0 Å². The van der Waals surface area contributed by atoms with E-state index in [0.717, 1.165) is 17.1 Å². The van der Waals surface area contributed by atoms with Gasteiger partial charge in [-0.2, -0.15) is 0 Å². The molecule has 0 N–H and O–H groups in total. The van der Waals surface area contributed by atoms with E-state index in [1.54, 1.807) is 6.07 Å². The average Bonchev–Trinajstić information content (AvgIpc) is 2.32. The molecule has 2 nitrogen and oxygen atoms in total. The van der Waals surface area contributed by atoms with E-state index in [1.165, 1.54) is 0 Å². The van der Waals surface area contributed by atoms with E-state index >= 15 is 0 Å². The van der Waals surface area contributed by atoms with Crippen molar-refractivity contribution < 1.29 is 9.53 Å². The van der Waals surface area contributed by atoms with Crippen molar-refractivity contribution in [2.24, 2.45) is 0 Å². The fourth-order valence-corrected chi connectivity index (χ4v) is 2.00. The van der Waals surface area contributed by atoms with Crippen LogP contribution < -0.4 is 4.74 Å². The molecule has 0 heterocycles. The second-order valence-corrected chi connectivity index (χ2v) is 3.78. The first-order valence-corrected chi connectivity index (χ1v) is 5.45. The predicted molar refractivity (Wildman–Crippen MR) is 65.5 cm³/mol. The summed E-state index contributed by atoms with van der Waals surface area (Å²) in [5.41, 5.74) is 0.587. The quantitative estimate of drug-likeness (QED) is 0.757. The molecule has 0 saturated heterocycles. The highest BCUT2D eigenvalue weighted by Crippen LogP contribution is 2.35. The van der Waals surface area contributed by atoms with Crippen molar-refractivity contribution in [2.75, 3.05) is 6.61 Å². The van der Waals surface area contributed by atoms with E-state index in [-0.39, 0.29) is 0 Å². The van der Waals surface area contributed by atoms with Gasteiger partial charge in [0.05, 0.1) is 11.6 Å². The molecule has 0 radical (unpaired) electrons. The summed E-state index contributed by atoms with van der Waals surface area (Å²) in [5.74, 6) is 0.644. The maximum atomic E-state index is 10.9. The summed E-state index contributed by atoms with van der Waals surface area (Å²) in [7, 11) is 0. The summed E-state index contributed by atoms with van der Waals surface area (Å²) >= 11 is 6.08. The van der Waals surface area contributed by atoms with Crippen LogP contribution in [0.4, 0.5) is 0 Å². The standard InChI is InChI=1S/C13H11ClO2/c1-2-16-13-11-6-4-3-5-10(11)9(8-15)7-12(13)14/h3-8H,2H2,1H3. The number of rotatable bonds is 3. The summed E-state index contributed by atoms with van der Waals surface area (Å²) in [6.45, 7) is 2.45. The fraction of sp³-hybridized carbons (Fsp3) is 0.154. The number of carbonyl (C=O) groups excluding carboxylic acids is 1. The Morgan fingerprint density at radius 3 is 2.62 bits per heavy atom. The predicted octanol–water partition coefficient (Wildman–Crippen LogP) is 3.70. The van der Waals surface area contributed by atoms with E-state index in [4.69, 9.17) is 16.3 Å². The zero-order valence-electron chi connectivity index (χ0n) is 8.87. The van der Waals surface area contributed by atoms with Gasteiger partial charge in [0, 0.05) is 10.9 Å². The number of hydrogen-bond donors (Lipinski definition) is 0. The third kappa shape index (κ3) is 1.76. The molecule has 0 fully saturated rings. The van der Waals surface area contributed by atoms with Crippen LogP contribution in [0, 0.1) is 0 Å². The molecule has 0 aliphatic heterocycles. The van der Waals surface area contributed by atoms with Crippen molar-refractivity contribution in [1.82, 2.24) is 0 Å². The van der Waals surface area contributed by atoms with Gasteiger partial charge in [0.2, 0.25) is 0 Å². The third-order valence-electron chi connectivity index (χ3n) is 2.40. The highest BCUT2D eigenvalue weighted by molar-refractivity contribution is 6.34. The van der Waals surface area contributed by atoms with Gasteiger partial charge in [-0.1, -0.05) is 35.9 Å². The van der Waals surface area contributed by atoms with Crippen LogP contribution >= 0.6 is 11.6 Å². The molecule has 0 amide bonds. The first-order chi connectivity index (χ1) is 7.77. The zero-order chi connectivity index (χ0) is 11.5. The number of hydrogen-bond acceptors (Lipinski definition) is 2. The molecule has 0 saturated carbocycles. The molecule has 2 rings (SSSR count). The molecule has 2 aromatic carbocycles. The second kappa shape index (κ2) is 4.54. The Morgan fingerprint density at radius 2 is 2.00 bits per heavy atom. The smallest absolute Gasteiger partial charge is 0.150 e. The number of aldehydes is 1. The number of halogens is 1. The maximum absolute atomic E-state index is 10.9. The topological polar surface area (TPSA) is 26.3 Å². The summed E-state index contributed by atoms with van der Waals surface area (Å²) in [5, 5.41) is 2.21. The summed E-state index contributed by atoms with van der Waals surface area (Å²) in [6, 6.07) is 9.22. The van der Waals surface area contributed by atoms with Crippen molar-refractivity contribution in [2.45, 2.75) is 6.92 Å². The van der Waals surface area contributed by atoms with Crippen molar-refractivity contribution in [1.29, 1.82) is 0 Å². The van der Waals surface area contributed by atoms with Gasteiger partial charge in [0.15, 0.2) is 6.29 Å². The molecular formula is C13H11ClO2. The number of carbonyl (C=O) groups is 1. The largest absolute Gasteiger partial charge is 0.492 e. The lowest BCUT2D eigenvalue weighted by Crippen LogP contribution is -1.95. The SMILES string of the molecule is CCOc1c(Cl)cc(C=O)c2ccccc12. The minimum Gasteiger partial charge on any atom is -0.492 e. The lowest BCUT2D eigenvalue weighted by Gasteiger charge is -2.11. The molecule has 0 aliphatic rings. The number of fused-ring (bicyclic) bond motifs is 1. The van der Waals surface area contributed by atoms with Gasteiger partial charge in [-0.25, -0.2) is 0 Å². The second-order valence-electron chi connectivity index (χ2n) is 3.37. The highest BCUT2D eigenvalue weighted by Gasteiger charge is 2.10. The van der Waals surface area contributed by atoms with Crippen LogP contribution in [-0.2, 0) is 0 Å². The first-order valence-electron chi connectivity index (χ1n) is 5.07. The van der Waals surface area contributed by atoms with Gasteiger partial charge in [-0.3, -0.25) is 4.79 Å². The Kier molecular flexibility index (Phi) is 3.11. The molecule has 16 heavy (non-hydrogen) atoms. The Morgan fingerprint density at radius 1 is 1.31 bits per heavy atom. The molecule has 82 valence electrons. The maximum Gasteiger partial charge on any atom is 0.150 e. The Balaban J connectivity index is 2.80. The third-order valence-corrected chi connectivity index (χ3v) is 2.68. The van der Waals surface area contributed by atoms with Crippen molar-refractivity contribution in [3.8, 4) is 5.75 Å². The van der Waals surface area contributed by atoms with Crippen LogP contribution in [-0.4, -0.2) is 12.9 Å². The Hall–Kier alpha value is -1.54. The average molecular weight is 235 g/mol. The van der Waals surface area contributed by atoms with Gasteiger partial charge in [0.25, 0.3) is 0 Å². The fourth-order valence-electron chi connectivity index (χ4n) is 1.73.